The van der Waals surface area contributed by atoms with E-state index in [4.69, 9.17) is 16.3 Å². The predicted molar refractivity (Wildman–Crippen MR) is 75.9 cm³/mol. The minimum Gasteiger partial charge on any atom is -0.463 e. The van der Waals surface area contributed by atoms with Crippen LogP contribution in [0.25, 0.3) is 0 Å². The average Bonchev–Trinajstić information content (AvgIpc) is 2.73. The van der Waals surface area contributed by atoms with Gasteiger partial charge in [-0.15, -0.1) is 0 Å². The van der Waals surface area contributed by atoms with Gasteiger partial charge in [-0.2, -0.15) is 15.0 Å². The first kappa shape index (κ1) is 15.2. The zero-order valence-electron chi connectivity index (χ0n) is 11.2. The van der Waals surface area contributed by atoms with Crippen LogP contribution in [-0.4, -0.2) is 48.0 Å². The van der Waals surface area contributed by atoms with Gasteiger partial charge in [-0.3, -0.25) is 0 Å². The molecule has 0 aromatic carbocycles. The molecular formula is C11H17ClN4O3S. The number of anilines is 1. The number of nitrogens with zero attached hydrogens (tertiary/aromatic N) is 3. The summed E-state index contributed by atoms with van der Waals surface area (Å²) in [4.78, 5) is 11.9. The van der Waals surface area contributed by atoms with Crippen LogP contribution in [0.4, 0.5) is 5.95 Å². The lowest BCUT2D eigenvalue weighted by Gasteiger charge is -2.10. The Hall–Kier alpha value is -1.15. The fourth-order valence-corrected chi connectivity index (χ4v) is 3.95. The van der Waals surface area contributed by atoms with Gasteiger partial charge in [0.25, 0.3) is 0 Å². The number of sulfone groups is 1. The molecule has 1 aromatic rings. The van der Waals surface area contributed by atoms with Gasteiger partial charge < -0.3 is 10.1 Å². The molecule has 1 aromatic heterocycles. The fraction of sp³-hybridized carbons (Fsp3) is 0.727. The summed E-state index contributed by atoms with van der Waals surface area (Å²) in [5, 5.41) is 3.04. The van der Waals surface area contributed by atoms with E-state index in [-0.39, 0.29) is 28.7 Å². The van der Waals surface area contributed by atoms with Crippen LogP contribution in [0.1, 0.15) is 19.8 Å². The SMILES string of the molecule is CCCOc1nc(Cl)nc(NCC2CCS(=O)(=O)C2)n1. The summed E-state index contributed by atoms with van der Waals surface area (Å²) >= 11 is 5.79. The third-order valence-corrected chi connectivity index (χ3v) is 4.90. The van der Waals surface area contributed by atoms with E-state index >= 15 is 0 Å². The normalized spacial score (nSPS) is 20.8. The molecule has 1 aliphatic rings. The molecule has 2 rings (SSSR count). The maximum atomic E-state index is 11.4. The van der Waals surface area contributed by atoms with Gasteiger partial charge in [-0.05, 0) is 30.4 Å². The smallest absolute Gasteiger partial charge is 0.322 e. The van der Waals surface area contributed by atoms with Crippen LogP contribution in [0.2, 0.25) is 5.28 Å². The lowest BCUT2D eigenvalue weighted by molar-refractivity contribution is 0.291. The van der Waals surface area contributed by atoms with Crippen LogP contribution in [0.3, 0.4) is 0 Å². The highest BCUT2D eigenvalue weighted by Gasteiger charge is 2.27. The van der Waals surface area contributed by atoms with E-state index in [0.717, 1.165) is 6.42 Å². The summed E-state index contributed by atoms with van der Waals surface area (Å²) in [6.07, 6.45) is 1.50. The first-order valence-corrected chi connectivity index (χ1v) is 8.67. The highest BCUT2D eigenvalue weighted by atomic mass is 35.5. The van der Waals surface area contributed by atoms with Crippen molar-refractivity contribution in [2.24, 2.45) is 5.92 Å². The van der Waals surface area contributed by atoms with Gasteiger partial charge in [-0.1, -0.05) is 6.92 Å². The largest absolute Gasteiger partial charge is 0.463 e. The van der Waals surface area contributed by atoms with Crippen molar-refractivity contribution >= 4 is 27.4 Å². The molecule has 0 bridgehead atoms. The molecule has 1 atom stereocenters. The minimum absolute atomic E-state index is 0.0487. The Morgan fingerprint density at radius 1 is 1.40 bits per heavy atom. The van der Waals surface area contributed by atoms with Crippen molar-refractivity contribution in [2.75, 3.05) is 30.0 Å². The van der Waals surface area contributed by atoms with Crippen molar-refractivity contribution in [1.29, 1.82) is 0 Å². The first-order chi connectivity index (χ1) is 9.48. The monoisotopic (exact) mass is 320 g/mol. The summed E-state index contributed by atoms with van der Waals surface area (Å²) in [6.45, 7) is 2.97. The van der Waals surface area contributed by atoms with Gasteiger partial charge in [0.2, 0.25) is 11.2 Å². The standard InChI is InChI=1S/C11H17ClN4O3S/c1-2-4-19-11-15-9(12)14-10(16-11)13-6-8-3-5-20(17,18)7-8/h8H,2-7H2,1H3,(H,13,14,15,16). The Labute approximate surface area is 123 Å². The molecule has 2 heterocycles. The zero-order valence-corrected chi connectivity index (χ0v) is 12.7. The summed E-state index contributed by atoms with van der Waals surface area (Å²) in [6, 6.07) is 0.174. The molecule has 112 valence electrons. The molecule has 0 amide bonds. The molecule has 0 saturated carbocycles. The fourth-order valence-electron chi connectivity index (χ4n) is 1.94. The molecule has 1 unspecified atom stereocenters. The predicted octanol–water partition coefficient (Wildman–Crippen LogP) is 1.16. The maximum Gasteiger partial charge on any atom is 0.322 e. The number of nitrogens with one attached hydrogen (secondary N) is 1. The van der Waals surface area contributed by atoms with Crippen LogP contribution >= 0.6 is 11.6 Å². The topological polar surface area (TPSA) is 94.1 Å². The van der Waals surface area contributed by atoms with Gasteiger partial charge in [0.1, 0.15) is 0 Å². The Kier molecular flexibility index (Phi) is 4.98. The Bertz CT molecular complexity index is 567. The van der Waals surface area contributed by atoms with E-state index in [2.05, 4.69) is 20.3 Å². The van der Waals surface area contributed by atoms with Crippen LogP contribution < -0.4 is 10.1 Å². The molecule has 0 aliphatic carbocycles. The molecule has 9 heteroatoms. The Balaban J connectivity index is 1.94. The second-order valence-corrected chi connectivity index (χ2v) is 7.28. The van der Waals surface area contributed by atoms with Gasteiger partial charge >= 0.3 is 6.01 Å². The maximum absolute atomic E-state index is 11.4. The van der Waals surface area contributed by atoms with Crippen molar-refractivity contribution in [3.8, 4) is 6.01 Å². The molecule has 1 N–H and O–H groups in total. The Morgan fingerprint density at radius 2 is 2.20 bits per heavy atom. The van der Waals surface area contributed by atoms with E-state index in [9.17, 15) is 8.42 Å². The second-order valence-electron chi connectivity index (χ2n) is 4.71. The van der Waals surface area contributed by atoms with Crippen molar-refractivity contribution in [3.05, 3.63) is 5.28 Å². The number of halogens is 1. The molecule has 0 spiro atoms. The molecule has 1 aliphatic heterocycles. The molecule has 1 fully saturated rings. The van der Waals surface area contributed by atoms with E-state index in [1.807, 2.05) is 6.92 Å². The van der Waals surface area contributed by atoms with Gasteiger partial charge in [0.05, 0.1) is 18.1 Å². The van der Waals surface area contributed by atoms with Gasteiger partial charge in [0.15, 0.2) is 9.84 Å². The highest BCUT2D eigenvalue weighted by Crippen LogP contribution is 2.19. The first-order valence-electron chi connectivity index (χ1n) is 6.47. The third kappa shape index (κ3) is 4.45. The van der Waals surface area contributed by atoms with Crippen molar-refractivity contribution < 1.29 is 13.2 Å². The summed E-state index contributed by atoms with van der Waals surface area (Å²) in [5.41, 5.74) is 0. The Morgan fingerprint density at radius 3 is 2.85 bits per heavy atom. The molecule has 1 saturated heterocycles. The van der Waals surface area contributed by atoms with E-state index < -0.39 is 9.84 Å². The third-order valence-electron chi connectivity index (χ3n) is 2.90. The lowest BCUT2D eigenvalue weighted by atomic mass is 10.1. The molecular weight excluding hydrogens is 304 g/mol. The van der Waals surface area contributed by atoms with Crippen molar-refractivity contribution in [1.82, 2.24) is 15.0 Å². The summed E-state index contributed by atoms with van der Waals surface area (Å²) < 4.78 is 28.0. The van der Waals surface area contributed by atoms with E-state index in [1.54, 1.807) is 0 Å². The van der Waals surface area contributed by atoms with Crippen LogP contribution in [0.5, 0.6) is 6.01 Å². The number of hydrogen-bond acceptors (Lipinski definition) is 7. The number of rotatable bonds is 6. The highest BCUT2D eigenvalue weighted by molar-refractivity contribution is 7.91. The van der Waals surface area contributed by atoms with Crippen LogP contribution in [-0.2, 0) is 9.84 Å². The quantitative estimate of drug-likeness (QED) is 0.840. The lowest BCUT2D eigenvalue weighted by Crippen LogP contribution is -2.17. The zero-order chi connectivity index (χ0) is 14.6. The van der Waals surface area contributed by atoms with E-state index in [0.29, 0.717) is 25.5 Å². The molecule has 7 nitrogen and oxygen atoms in total. The second kappa shape index (κ2) is 6.53. The van der Waals surface area contributed by atoms with E-state index in [1.165, 1.54) is 0 Å². The number of aromatic nitrogens is 3. The van der Waals surface area contributed by atoms with Gasteiger partial charge in [0, 0.05) is 6.54 Å². The van der Waals surface area contributed by atoms with Crippen molar-refractivity contribution in [3.63, 3.8) is 0 Å². The molecule has 20 heavy (non-hydrogen) atoms. The van der Waals surface area contributed by atoms with Crippen LogP contribution in [0, 0.1) is 5.92 Å². The average molecular weight is 321 g/mol. The summed E-state index contributed by atoms with van der Waals surface area (Å²) in [5.74, 6) is 0.844. The van der Waals surface area contributed by atoms with Gasteiger partial charge in [-0.25, -0.2) is 8.42 Å². The number of hydrogen-bond donors (Lipinski definition) is 1. The summed E-state index contributed by atoms with van der Waals surface area (Å²) in [7, 11) is -2.87. The number of ether oxygens (including phenoxy) is 1. The van der Waals surface area contributed by atoms with Crippen molar-refractivity contribution in [2.45, 2.75) is 19.8 Å². The molecule has 0 radical (unpaired) electrons. The van der Waals surface area contributed by atoms with Crippen LogP contribution in [0.15, 0.2) is 0 Å². The minimum atomic E-state index is -2.87.